The van der Waals surface area contributed by atoms with Crippen LogP contribution in [0.25, 0.3) is 0 Å². The van der Waals surface area contributed by atoms with Gasteiger partial charge in [0.05, 0.1) is 0 Å². The zero-order chi connectivity index (χ0) is 19.4. The average Bonchev–Trinajstić information content (AvgIpc) is 3.23. The number of amides is 1. The summed E-state index contributed by atoms with van der Waals surface area (Å²) < 4.78 is 8.98. The number of nitrogens with one attached hydrogen (secondary N) is 1. The highest BCUT2D eigenvalue weighted by Crippen LogP contribution is 2.23. The van der Waals surface area contributed by atoms with Gasteiger partial charge in [0.2, 0.25) is 23.4 Å². The van der Waals surface area contributed by atoms with Crippen molar-refractivity contribution in [1.29, 1.82) is 0 Å². The maximum absolute atomic E-state index is 12.5. The van der Waals surface area contributed by atoms with Gasteiger partial charge in [-0.15, -0.1) is 5.11 Å². The molecule has 140 valence electrons. The Balaban J connectivity index is 1.81. The van der Waals surface area contributed by atoms with Crippen LogP contribution in [-0.4, -0.2) is 33.1 Å². The molecule has 1 amide bonds. The molecule has 0 radical (unpaired) electrons. The summed E-state index contributed by atoms with van der Waals surface area (Å²) in [5.74, 6) is -0.583. The number of nitrogens with zero attached hydrogens (tertiary/aromatic N) is 7. The fourth-order valence-electron chi connectivity index (χ4n) is 2.20. The number of carbonyl (C=O) groups excluding carboxylic acids is 1. The molecule has 0 aliphatic rings. The number of anilines is 4. The monoisotopic (exact) mass is 372 g/mol. The first-order valence-corrected chi connectivity index (χ1v) is 7.67. The average molecular weight is 372 g/mol. The third-order valence-corrected chi connectivity index (χ3v) is 3.52. The summed E-state index contributed by atoms with van der Waals surface area (Å²) in [5, 5.41) is 25.5. The van der Waals surface area contributed by atoms with Gasteiger partial charge >= 0.3 is 0 Å². The summed E-state index contributed by atoms with van der Waals surface area (Å²) in [4.78, 5) is 12.5. The highest BCUT2D eigenvalue weighted by Gasteiger charge is 2.20. The van der Waals surface area contributed by atoms with Crippen molar-refractivity contribution >= 4 is 34.9 Å². The van der Waals surface area contributed by atoms with Crippen molar-refractivity contribution in [3.8, 4) is 0 Å². The lowest BCUT2D eigenvalue weighted by Crippen LogP contribution is -2.30. The summed E-state index contributed by atoms with van der Waals surface area (Å²) in [7, 11) is 0. The Labute approximate surface area is 152 Å². The fraction of sp³-hybridized carbons (Fsp3) is 0.214. The van der Waals surface area contributed by atoms with E-state index in [9.17, 15) is 4.79 Å². The predicted octanol–water partition coefficient (Wildman–Crippen LogP) is 1.38. The molecule has 0 bridgehead atoms. The summed E-state index contributed by atoms with van der Waals surface area (Å²) in [6, 6.07) is 5.68. The van der Waals surface area contributed by atoms with Gasteiger partial charge < -0.3 is 16.8 Å². The Morgan fingerprint density at radius 2 is 1.78 bits per heavy atom. The molecule has 2 aromatic heterocycles. The van der Waals surface area contributed by atoms with Gasteiger partial charge in [-0.3, -0.25) is 4.79 Å². The van der Waals surface area contributed by atoms with Crippen molar-refractivity contribution in [2.75, 3.05) is 28.3 Å². The molecule has 0 aliphatic heterocycles. The second kappa shape index (κ2) is 7.47. The standard InChI is InChI=1S/C14H16N10O3/c1-7-4-3-5-8(2)10(7)17-9(25)6-24(14-12(16)20-27-22-14)23-18-13-11(15)19-26-21-13/h3-5H,6H2,1-2H3,(H2,15,19)(H2,16,20)(H,17,25). The van der Waals surface area contributed by atoms with Crippen molar-refractivity contribution in [2.24, 2.45) is 10.3 Å². The van der Waals surface area contributed by atoms with Gasteiger partial charge in [-0.2, -0.15) is 0 Å². The molecule has 0 aliphatic carbocycles. The zero-order valence-electron chi connectivity index (χ0n) is 14.4. The molecule has 0 unspecified atom stereocenters. The van der Waals surface area contributed by atoms with E-state index in [2.05, 4.69) is 45.5 Å². The van der Waals surface area contributed by atoms with Crippen LogP contribution in [0, 0.1) is 13.8 Å². The first-order chi connectivity index (χ1) is 13.0. The number of hydrogen-bond acceptors (Lipinski definition) is 11. The molecule has 3 rings (SSSR count). The molecule has 13 heteroatoms. The molecule has 3 aromatic rings. The number of rotatable bonds is 6. The topological polar surface area (TPSA) is 187 Å². The van der Waals surface area contributed by atoms with E-state index in [-0.39, 0.29) is 35.7 Å². The number of nitrogen functional groups attached to an aromatic ring is 2. The van der Waals surface area contributed by atoms with Gasteiger partial charge in [-0.05, 0) is 45.6 Å². The van der Waals surface area contributed by atoms with Crippen LogP contribution in [-0.2, 0) is 4.79 Å². The van der Waals surface area contributed by atoms with E-state index in [0.29, 0.717) is 5.69 Å². The van der Waals surface area contributed by atoms with E-state index in [1.807, 2.05) is 32.0 Å². The molecule has 27 heavy (non-hydrogen) atoms. The highest BCUT2D eigenvalue weighted by molar-refractivity contribution is 5.95. The van der Waals surface area contributed by atoms with Crippen LogP contribution in [0.15, 0.2) is 37.8 Å². The van der Waals surface area contributed by atoms with Crippen molar-refractivity contribution in [2.45, 2.75) is 13.8 Å². The smallest absolute Gasteiger partial charge is 0.263 e. The number of hydrogen-bond donors (Lipinski definition) is 3. The molecule has 1 aromatic carbocycles. The minimum Gasteiger partial charge on any atom is -0.378 e. The molecule has 0 saturated heterocycles. The minimum atomic E-state index is -0.389. The number of aryl methyl sites for hydroxylation is 2. The predicted molar refractivity (Wildman–Crippen MR) is 93.8 cm³/mol. The second-order valence-electron chi connectivity index (χ2n) is 5.51. The summed E-state index contributed by atoms with van der Waals surface area (Å²) >= 11 is 0. The van der Waals surface area contributed by atoms with Crippen molar-refractivity contribution in [3.05, 3.63) is 29.3 Å². The van der Waals surface area contributed by atoms with Crippen LogP contribution in [0.5, 0.6) is 0 Å². The summed E-state index contributed by atoms with van der Waals surface area (Å²) in [6.07, 6.45) is 0. The highest BCUT2D eigenvalue weighted by atomic mass is 16.6. The Kier molecular flexibility index (Phi) is 4.92. The summed E-state index contributed by atoms with van der Waals surface area (Å²) in [6.45, 7) is 3.50. The van der Waals surface area contributed by atoms with Crippen molar-refractivity contribution in [1.82, 2.24) is 20.6 Å². The van der Waals surface area contributed by atoms with Gasteiger partial charge in [-0.1, -0.05) is 23.4 Å². The third kappa shape index (κ3) is 3.97. The van der Waals surface area contributed by atoms with Gasteiger partial charge in [0.15, 0.2) is 0 Å². The van der Waals surface area contributed by atoms with E-state index >= 15 is 0 Å². The molecule has 0 saturated carbocycles. The maximum atomic E-state index is 12.5. The molecule has 2 heterocycles. The lowest BCUT2D eigenvalue weighted by Gasteiger charge is -2.16. The molecule has 13 nitrogen and oxygen atoms in total. The Hall–Kier alpha value is -4.03. The first kappa shape index (κ1) is 17.8. The molecule has 0 atom stereocenters. The van der Waals surface area contributed by atoms with Gasteiger partial charge in [0, 0.05) is 5.69 Å². The lowest BCUT2D eigenvalue weighted by molar-refractivity contribution is -0.115. The Morgan fingerprint density at radius 1 is 1.11 bits per heavy atom. The number of nitrogens with two attached hydrogens (primary N) is 2. The quantitative estimate of drug-likeness (QED) is 0.421. The number of para-hydroxylation sites is 1. The molecular formula is C14H16N10O3. The molecule has 5 N–H and O–H groups in total. The molecular weight excluding hydrogens is 356 g/mol. The third-order valence-electron chi connectivity index (χ3n) is 3.52. The summed E-state index contributed by atoms with van der Waals surface area (Å²) in [5.41, 5.74) is 13.7. The number of aromatic nitrogens is 4. The fourth-order valence-corrected chi connectivity index (χ4v) is 2.20. The van der Waals surface area contributed by atoms with Crippen molar-refractivity contribution in [3.63, 3.8) is 0 Å². The molecule has 0 fully saturated rings. The van der Waals surface area contributed by atoms with Crippen molar-refractivity contribution < 1.29 is 14.1 Å². The Bertz CT molecular complexity index is 959. The number of benzene rings is 1. The molecule has 0 spiro atoms. The van der Waals surface area contributed by atoms with E-state index in [1.54, 1.807) is 0 Å². The largest absolute Gasteiger partial charge is 0.378 e. The van der Waals surface area contributed by atoms with E-state index in [0.717, 1.165) is 16.1 Å². The lowest BCUT2D eigenvalue weighted by atomic mass is 10.1. The normalized spacial score (nSPS) is 11.0. The van der Waals surface area contributed by atoms with Gasteiger partial charge in [0.1, 0.15) is 6.54 Å². The van der Waals surface area contributed by atoms with E-state index in [4.69, 9.17) is 11.5 Å². The van der Waals surface area contributed by atoms with E-state index < -0.39 is 0 Å². The van der Waals surface area contributed by atoms with Crippen LogP contribution in [0.3, 0.4) is 0 Å². The SMILES string of the molecule is Cc1cccc(C)c1NC(=O)CN(N=Nc1nonc1N)c1nonc1N. The van der Waals surface area contributed by atoms with Crippen LogP contribution < -0.4 is 21.8 Å². The van der Waals surface area contributed by atoms with Gasteiger partial charge in [0.25, 0.3) is 5.82 Å². The zero-order valence-corrected chi connectivity index (χ0v) is 14.4. The van der Waals surface area contributed by atoms with Crippen LogP contribution in [0.2, 0.25) is 0 Å². The second-order valence-corrected chi connectivity index (χ2v) is 5.51. The minimum absolute atomic E-state index is 0.00503. The van der Waals surface area contributed by atoms with Crippen LogP contribution in [0.4, 0.5) is 29.0 Å². The van der Waals surface area contributed by atoms with Crippen LogP contribution in [0.1, 0.15) is 11.1 Å². The van der Waals surface area contributed by atoms with Gasteiger partial charge in [-0.25, -0.2) is 14.3 Å². The van der Waals surface area contributed by atoms with E-state index in [1.165, 1.54) is 0 Å². The maximum Gasteiger partial charge on any atom is 0.263 e. The Morgan fingerprint density at radius 3 is 2.37 bits per heavy atom. The first-order valence-electron chi connectivity index (χ1n) is 7.67. The van der Waals surface area contributed by atoms with Crippen LogP contribution >= 0.6 is 0 Å². The number of carbonyl (C=O) groups is 1.